The van der Waals surface area contributed by atoms with Crippen LogP contribution in [-0.2, 0) is 6.54 Å². The van der Waals surface area contributed by atoms with Gasteiger partial charge in [-0.25, -0.2) is 4.98 Å². The summed E-state index contributed by atoms with van der Waals surface area (Å²) in [4.78, 5) is 11.0. The summed E-state index contributed by atoms with van der Waals surface area (Å²) in [5, 5.41) is 6.55. The molecule has 0 saturated carbocycles. The molecule has 0 spiro atoms. The molecule has 24 heavy (non-hydrogen) atoms. The van der Waals surface area contributed by atoms with Gasteiger partial charge in [0.1, 0.15) is 6.26 Å². The van der Waals surface area contributed by atoms with Crippen LogP contribution >= 0.6 is 0 Å². The van der Waals surface area contributed by atoms with E-state index in [2.05, 4.69) is 46.4 Å². The van der Waals surface area contributed by atoms with Crippen molar-refractivity contribution in [3.8, 4) is 11.5 Å². The summed E-state index contributed by atoms with van der Waals surface area (Å²) in [7, 11) is 3.88. The molecule has 2 rings (SSSR count). The van der Waals surface area contributed by atoms with Crippen molar-refractivity contribution in [1.82, 2.24) is 20.5 Å². The molecule has 6 nitrogen and oxygen atoms in total. The number of aliphatic imine (C=N–C) groups is 1. The van der Waals surface area contributed by atoms with Gasteiger partial charge < -0.3 is 20.0 Å². The lowest BCUT2D eigenvalue weighted by atomic mass is 10.2. The van der Waals surface area contributed by atoms with Crippen molar-refractivity contribution in [3.63, 3.8) is 0 Å². The molecule has 0 aliphatic rings. The van der Waals surface area contributed by atoms with E-state index in [1.54, 1.807) is 13.3 Å². The maximum atomic E-state index is 5.54. The zero-order chi connectivity index (χ0) is 17.4. The third-order valence-electron chi connectivity index (χ3n) is 3.87. The highest BCUT2D eigenvalue weighted by atomic mass is 16.3. The SMILES string of the molecule is CN=C(NCCN(C)C(C)C)NCc1coc(-c2ccccc2)n1. The van der Waals surface area contributed by atoms with E-state index in [4.69, 9.17) is 4.42 Å². The highest BCUT2D eigenvalue weighted by molar-refractivity contribution is 5.79. The van der Waals surface area contributed by atoms with Gasteiger partial charge in [0.2, 0.25) is 5.89 Å². The Hall–Kier alpha value is -2.34. The van der Waals surface area contributed by atoms with E-state index < -0.39 is 0 Å². The average molecular weight is 329 g/mol. The summed E-state index contributed by atoms with van der Waals surface area (Å²) < 4.78 is 5.54. The van der Waals surface area contributed by atoms with Gasteiger partial charge in [-0.05, 0) is 33.0 Å². The monoisotopic (exact) mass is 329 g/mol. The van der Waals surface area contributed by atoms with Crippen molar-refractivity contribution in [2.45, 2.75) is 26.4 Å². The van der Waals surface area contributed by atoms with E-state index in [9.17, 15) is 0 Å². The third-order valence-corrected chi connectivity index (χ3v) is 3.87. The minimum Gasteiger partial charge on any atom is -0.444 e. The Bertz CT molecular complexity index is 636. The second-order valence-electron chi connectivity index (χ2n) is 5.94. The summed E-state index contributed by atoms with van der Waals surface area (Å²) >= 11 is 0. The van der Waals surface area contributed by atoms with Crippen LogP contribution in [0.25, 0.3) is 11.5 Å². The summed E-state index contributed by atoms with van der Waals surface area (Å²) in [6.45, 7) is 6.73. The summed E-state index contributed by atoms with van der Waals surface area (Å²) in [5.41, 5.74) is 1.82. The van der Waals surface area contributed by atoms with E-state index in [0.717, 1.165) is 30.3 Å². The number of hydrogen-bond acceptors (Lipinski definition) is 4. The molecule has 1 heterocycles. The minimum absolute atomic E-state index is 0.535. The second kappa shape index (κ2) is 9.08. The van der Waals surface area contributed by atoms with Crippen LogP contribution in [0, 0.1) is 0 Å². The van der Waals surface area contributed by atoms with Gasteiger partial charge in [-0.2, -0.15) is 0 Å². The number of nitrogens with one attached hydrogen (secondary N) is 2. The smallest absolute Gasteiger partial charge is 0.226 e. The van der Waals surface area contributed by atoms with Crippen LogP contribution in [0.15, 0.2) is 46.0 Å². The van der Waals surface area contributed by atoms with Crippen LogP contribution < -0.4 is 10.6 Å². The van der Waals surface area contributed by atoms with Crippen molar-refractivity contribution in [3.05, 3.63) is 42.3 Å². The number of rotatable bonds is 7. The molecule has 1 aromatic heterocycles. The van der Waals surface area contributed by atoms with Crippen LogP contribution in [0.5, 0.6) is 0 Å². The van der Waals surface area contributed by atoms with Gasteiger partial charge in [0.15, 0.2) is 5.96 Å². The fourth-order valence-corrected chi connectivity index (χ4v) is 2.11. The summed E-state index contributed by atoms with van der Waals surface area (Å²) in [6, 6.07) is 10.4. The molecular formula is C18H27N5O. The lowest BCUT2D eigenvalue weighted by molar-refractivity contribution is 0.278. The van der Waals surface area contributed by atoms with E-state index in [1.165, 1.54) is 0 Å². The summed E-state index contributed by atoms with van der Waals surface area (Å²) in [6.07, 6.45) is 1.68. The highest BCUT2D eigenvalue weighted by Gasteiger charge is 2.07. The number of hydrogen-bond donors (Lipinski definition) is 2. The zero-order valence-corrected chi connectivity index (χ0v) is 14.9. The third kappa shape index (κ3) is 5.38. The Labute approximate surface area is 144 Å². The van der Waals surface area contributed by atoms with Gasteiger partial charge in [-0.1, -0.05) is 18.2 Å². The van der Waals surface area contributed by atoms with Crippen molar-refractivity contribution >= 4 is 5.96 Å². The van der Waals surface area contributed by atoms with Crippen molar-refractivity contribution in [2.24, 2.45) is 4.99 Å². The molecule has 0 radical (unpaired) electrons. The molecule has 0 atom stereocenters. The Balaban J connectivity index is 1.80. The van der Waals surface area contributed by atoms with Crippen molar-refractivity contribution < 1.29 is 4.42 Å². The Morgan fingerprint density at radius 1 is 1.25 bits per heavy atom. The van der Waals surface area contributed by atoms with Gasteiger partial charge in [-0.15, -0.1) is 0 Å². The van der Waals surface area contributed by atoms with E-state index >= 15 is 0 Å². The molecule has 2 aromatic rings. The summed E-state index contributed by atoms with van der Waals surface area (Å²) in [5.74, 6) is 1.39. The first-order chi connectivity index (χ1) is 11.6. The first kappa shape index (κ1) is 18.0. The van der Waals surface area contributed by atoms with Crippen LogP contribution in [0.3, 0.4) is 0 Å². The number of likely N-dealkylation sites (N-methyl/N-ethyl adjacent to an activating group) is 1. The average Bonchev–Trinajstić information content (AvgIpc) is 3.07. The highest BCUT2D eigenvalue weighted by Crippen LogP contribution is 2.17. The van der Waals surface area contributed by atoms with Gasteiger partial charge >= 0.3 is 0 Å². The first-order valence-corrected chi connectivity index (χ1v) is 8.24. The Morgan fingerprint density at radius 3 is 2.67 bits per heavy atom. The molecule has 0 saturated heterocycles. The van der Waals surface area contributed by atoms with Gasteiger partial charge in [-0.3, -0.25) is 4.99 Å². The van der Waals surface area contributed by atoms with Crippen LogP contribution in [0.1, 0.15) is 19.5 Å². The Kier molecular flexibility index (Phi) is 6.81. The number of nitrogens with zero attached hydrogens (tertiary/aromatic N) is 3. The van der Waals surface area contributed by atoms with Crippen LogP contribution in [0.2, 0.25) is 0 Å². The number of oxazole rings is 1. The van der Waals surface area contributed by atoms with Gasteiger partial charge in [0.25, 0.3) is 0 Å². The van der Waals surface area contributed by atoms with E-state index in [0.29, 0.717) is 18.5 Å². The van der Waals surface area contributed by atoms with Crippen LogP contribution in [-0.4, -0.2) is 49.1 Å². The molecular weight excluding hydrogens is 302 g/mol. The number of aromatic nitrogens is 1. The van der Waals surface area contributed by atoms with E-state index in [1.807, 2.05) is 30.3 Å². The molecule has 2 N–H and O–H groups in total. The molecule has 0 amide bonds. The van der Waals surface area contributed by atoms with Gasteiger partial charge in [0, 0.05) is 31.7 Å². The predicted octanol–water partition coefficient (Wildman–Crippen LogP) is 2.35. The Morgan fingerprint density at radius 2 is 2.00 bits per heavy atom. The lowest BCUT2D eigenvalue weighted by Gasteiger charge is -2.21. The van der Waals surface area contributed by atoms with E-state index in [-0.39, 0.29) is 0 Å². The zero-order valence-electron chi connectivity index (χ0n) is 14.9. The quantitative estimate of drug-likeness (QED) is 0.603. The fraction of sp³-hybridized carbons (Fsp3) is 0.444. The number of guanidine groups is 1. The molecule has 130 valence electrons. The topological polar surface area (TPSA) is 65.7 Å². The second-order valence-corrected chi connectivity index (χ2v) is 5.94. The maximum absolute atomic E-state index is 5.54. The normalized spacial score (nSPS) is 12.0. The largest absolute Gasteiger partial charge is 0.444 e. The molecule has 6 heteroatoms. The molecule has 0 fully saturated rings. The molecule has 0 aliphatic carbocycles. The van der Waals surface area contributed by atoms with Crippen molar-refractivity contribution in [1.29, 1.82) is 0 Å². The standard InChI is InChI=1S/C18H27N5O/c1-14(2)23(4)11-10-20-18(19-3)21-12-16-13-24-17(22-16)15-8-6-5-7-9-15/h5-9,13-14H,10-12H2,1-4H3,(H2,19,20,21). The first-order valence-electron chi connectivity index (χ1n) is 8.24. The lowest BCUT2D eigenvalue weighted by Crippen LogP contribution is -2.41. The minimum atomic E-state index is 0.535. The predicted molar refractivity (Wildman–Crippen MR) is 97.9 cm³/mol. The molecule has 0 unspecified atom stereocenters. The maximum Gasteiger partial charge on any atom is 0.226 e. The fourth-order valence-electron chi connectivity index (χ4n) is 2.11. The molecule has 0 bridgehead atoms. The number of benzene rings is 1. The van der Waals surface area contributed by atoms with Gasteiger partial charge in [0.05, 0.1) is 12.2 Å². The van der Waals surface area contributed by atoms with Crippen LogP contribution in [0.4, 0.5) is 0 Å². The molecule has 0 aliphatic heterocycles. The van der Waals surface area contributed by atoms with Crippen molar-refractivity contribution in [2.75, 3.05) is 27.2 Å². The molecule has 1 aromatic carbocycles.